The summed E-state index contributed by atoms with van der Waals surface area (Å²) >= 11 is 6.15. The molecular weight excluding hydrogens is 391 g/mol. The molecule has 29 heavy (non-hydrogen) atoms. The molecule has 1 aromatic carbocycles. The van der Waals surface area contributed by atoms with Gasteiger partial charge in [-0.15, -0.1) is 0 Å². The predicted octanol–water partition coefficient (Wildman–Crippen LogP) is 5.58. The van der Waals surface area contributed by atoms with Crippen LogP contribution < -0.4 is 5.32 Å². The Labute approximate surface area is 178 Å². The summed E-state index contributed by atoms with van der Waals surface area (Å²) in [4.78, 5) is 2.55. The molecule has 1 aliphatic heterocycles. The maximum Gasteiger partial charge on any atom is 0.124 e. The minimum Gasteiger partial charge on any atom is -0.390 e. The lowest BCUT2D eigenvalue weighted by molar-refractivity contribution is 0.208. The highest BCUT2D eigenvalue weighted by Gasteiger charge is 2.28. The van der Waals surface area contributed by atoms with Crippen molar-refractivity contribution < 1.29 is 9.50 Å². The fraction of sp³-hybridized carbons (Fsp3) is 0.636. The average molecular weight is 425 g/mol. The van der Waals surface area contributed by atoms with Crippen LogP contribution in [0.4, 0.5) is 4.39 Å². The molecule has 2 rings (SSSR count). The van der Waals surface area contributed by atoms with Gasteiger partial charge < -0.3 is 10.4 Å². The summed E-state index contributed by atoms with van der Waals surface area (Å²) < 4.78 is 13.4. The Kier molecular flexibility index (Phi) is 10.0. The molecule has 3 N–H and O–H groups in total. The molecule has 1 fully saturated rings. The van der Waals surface area contributed by atoms with E-state index in [-0.39, 0.29) is 23.4 Å². The number of aliphatic hydroxyl groups is 1. The predicted molar refractivity (Wildman–Crippen MR) is 117 cm³/mol. The molecule has 1 saturated heterocycles. The van der Waals surface area contributed by atoms with Gasteiger partial charge >= 0.3 is 0 Å². The van der Waals surface area contributed by atoms with Crippen molar-refractivity contribution in [1.29, 1.82) is 5.53 Å². The molecule has 1 aromatic rings. The number of rotatable bonds is 12. The zero-order valence-electron chi connectivity index (χ0n) is 17.6. The van der Waals surface area contributed by atoms with Crippen molar-refractivity contribution in [2.45, 2.75) is 70.9 Å². The van der Waals surface area contributed by atoms with Gasteiger partial charge in [-0.05, 0) is 37.5 Å². The largest absolute Gasteiger partial charge is 0.390 e. The second kappa shape index (κ2) is 12.3. The van der Waals surface area contributed by atoms with Crippen molar-refractivity contribution in [3.05, 3.63) is 40.3 Å². The van der Waals surface area contributed by atoms with Crippen LogP contribution in [0.5, 0.6) is 0 Å². The Bertz CT molecular complexity index is 697. The number of nitrogens with zero attached hydrogens (tertiary/aromatic N) is 2. The van der Waals surface area contributed by atoms with Crippen molar-refractivity contribution >= 4 is 17.3 Å². The van der Waals surface area contributed by atoms with Crippen LogP contribution in [0.1, 0.15) is 64.4 Å². The van der Waals surface area contributed by atoms with Gasteiger partial charge in [0.1, 0.15) is 11.5 Å². The van der Waals surface area contributed by atoms with Gasteiger partial charge in [0.05, 0.1) is 17.3 Å². The first-order valence-corrected chi connectivity index (χ1v) is 11.1. The third-order valence-corrected chi connectivity index (χ3v) is 5.93. The summed E-state index contributed by atoms with van der Waals surface area (Å²) in [6.45, 7) is 6.12. The Morgan fingerprint density at radius 3 is 2.76 bits per heavy atom. The summed E-state index contributed by atoms with van der Waals surface area (Å²) in [7, 11) is 0. The summed E-state index contributed by atoms with van der Waals surface area (Å²) in [5.41, 5.74) is 8.72. The summed E-state index contributed by atoms with van der Waals surface area (Å²) in [5.74, 6) is -0.446. The molecule has 2 atom stereocenters. The van der Waals surface area contributed by atoms with E-state index in [0.717, 1.165) is 19.5 Å². The monoisotopic (exact) mass is 424 g/mol. The number of aliphatic hydroxyl groups excluding tert-OH is 1. The fourth-order valence-corrected chi connectivity index (χ4v) is 4.37. The third kappa shape index (κ3) is 6.76. The van der Waals surface area contributed by atoms with E-state index in [4.69, 9.17) is 17.1 Å². The second-order valence-electron chi connectivity index (χ2n) is 7.78. The molecule has 2 unspecified atom stereocenters. The molecule has 0 radical (unpaired) electrons. The first kappa shape index (κ1) is 23.8. The van der Waals surface area contributed by atoms with Crippen LogP contribution in [-0.4, -0.2) is 41.8 Å². The molecule has 0 bridgehead atoms. The number of halogens is 2. The molecule has 0 spiro atoms. The maximum atomic E-state index is 13.4. The molecule has 1 heterocycles. The quantitative estimate of drug-likeness (QED) is 0.303. The van der Waals surface area contributed by atoms with Crippen LogP contribution in [-0.2, 0) is 0 Å². The highest BCUT2D eigenvalue weighted by Crippen LogP contribution is 2.28. The van der Waals surface area contributed by atoms with Crippen molar-refractivity contribution in [2.75, 3.05) is 19.7 Å². The normalized spacial score (nSPS) is 19.1. The Morgan fingerprint density at radius 2 is 2.14 bits per heavy atom. The van der Waals surface area contributed by atoms with Gasteiger partial charge in [0.15, 0.2) is 0 Å². The highest BCUT2D eigenvalue weighted by molar-refractivity contribution is 6.32. The number of benzene rings is 1. The van der Waals surface area contributed by atoms with Gasteiger partial charge in [-0.2, -0.15) is 5.11 Å². The Morgan fingerprint density at radius 1 is 1.34 bits per heavy atom. The van der Waals surface area contributed by atoms with Crippen LogP contribution in [0.25, 0.3) is 5.70 Å². The van der Waals surface area contributed by atoms with E-state index in [0.29, 0.717) is 17.3 Å². The zero-order chi connectivity index (χ0) is 21.2. The molecule has 5 nitrogen and oxygen atoms in total. The number of unbranched alkanes of at least 4 members (excludes halogenated alkanes) is 2. The van der Waals surface area contributed by atoms with Crippen molar-refractivity contribution in [3.8, 4) is 0 Å². The van der Waals surface area contributed by atoms with E-state index in [1.54, 1.807) is 0 Å². The second-order valence-corrected chi connectivity index (χ2v) is 8.19. The minimum atomic E-state index is -0.446. The number of hydrogen-bond acceptors (Lipinski definition) is 5. The standard InChI is InChI=1S/C22H34ClFN4O/c1-3-5-6-8-18(7-4-2)28-12-11-17(14-28)26-21(15-29)22(27-25)19-10-9-16(24)13-20(19)23/h9-10,13,17-18,25-26,29H,3-8,11-12,14-15H2,1-2H3/b22-21-,27-25?. The molecule has 7 heteroatoms. The lowest BCUT2D eigenvalue weighted by Gasteiger charge is -2.28. The smallest absolute Gasteiger partial charge is 0.124 e. The van der Waals surface area contributed by atoms with E-state index in [1.165, 1.54) is 56.7 Å². The van der Waals surface area contributed by atoms with Gasteiger partial charge in [0.25, 0.3) is 0 Å². The molecule has 1 aliphatic rings. The summed E-state index contributed by atoms with van der Waals surface area (Å²) in [6.07, 6.45) is 8.37. The number of likely N-dealkylation sites (tertiary alicyclic amines) is 1. The van der Waals surface area contributed by atoms with Crippen molar-refractivity contribution in [2.24, 2.45) is 5.11 Å². The van der Waals surface area contributed by atoms with Crippen LogP contribution >= 0.6 is 11.6 Å². The lowest BCUT2D eigenvalue weighted by Crippen LogP contribution is -2.38. The molecule has 0 amide bonds. The van der Waals surface area contributed by atoms with Crippen LogP contribution in [0.2, 0.25) is 5.02 Å². The van der Waals surface area contributed by atoms with E-state index < -0.39 is 5.82 Å². The summed E-state index contributed by atoms with van der Waals surface area (Å²) in [5, 5.41) is 17.0. The zero-order valence-corrected chi connectivity index (χ0v) is 18.3. The maximum absolute atomic E-state index is 13.4. The van der Waals surface area contributed by atoms with Crippen LogP contribution in [0, 0.1) is 11.3 Å². The number of hydrogen-bond donors (Lipinski definition) is 3. The Balaban J connectivity index is 2.10. The van der Waals surface area contributed by atoms with Crippen molar-refractivity contribution in [1.82, 2.24) is 10.2 Å². The molecule has 0 aromatic heterocycles. The minimum absolute atomic E-state index is 0.177. The molecular formula is C22H34ClFN4O. The first-order chi connectivity index (χ1) is 14.0. The van der Waals surface area contributed by atoms with Gasteiger partial charge in [-0.25, -0.2) is 9.92 Å². The first-order valence-electron chi connectivity index (χ1n) is 10.7. The van der Waals surface area contributed by atoms with Crippen molar-refractivity contribution in [3.63, 3.8) is 0 Å². The van der Waals surface area contributed by atoms with Gasteiger partial charge in [-0.3, -0.25) is 4.90 Å². The van der Waals surface area contributed by atoms with Gasteiger partial charge in [0, 0.05) is 30.7 Å². The molecule has 0 aliphatic carbocycles. The van der Waals surface area contributed by atoms with E-state index in [2.05, 4.69) is 29.2 Å². The van der Waals surface area contributed by atoms with Crippen LogP contribution in [0.15, 0.2) is 29.0 Å². The number of nitrogens with one attached hydrogen (secondary N) is 2. The summed E-state index contributed by atoms with van der Waals surface area (Å²) in [6, 6.07) is 4.75. The Hall–Kier alpha value is -1.50. The van der Waals surface area contributed by atoms with Gasteiger partial charge in [0.2, 0.25) is 0 Å². The molecule has 162 valence electrons. The van der Waals surface area contributed by atoms with E-state index in [9.17, 15) is 9.50 Å². The van der Waals surface area contributed by atoms with E-state index in [1.807, 2.05) is 0 Å². The SMILES string of the molecule is CCCCCC(CCC)N1CCC(N/C(CO)=C(\N=N)c2ccc(F)cc2Cl)C1. The van der Waals surface area contributed by atoms with Crippen LogP contribution in [0.3, 0.4) is 0 Å². The third-order valence-electron chi connectivity index (χ3n) is 5.62. The van der Waals surface area contributed by atoms with E-state index >= 15 is 0 Å². The lowest BCUT2D eigenvalue weighted by atomic mass is 10.0. The molecule has 0 saturated carbocycles. The highest BCUT2D eigenvalue weighted by atomic mass is 35.5. The fourth-order valence-electron chi connectivity index (χ4n) is 4.12. The topological polar surface area (TPSA) is 71.7 Å². The van der Waals surface area contributed by atoms with Gasteiger partial charge in [-0.1, -0.05) is 51.1 Å². The average Bonchev–Trinajstić information content (AvgIpc) is 3.17.